The van der Waals surface area contributed by atoms with E-state index in [1.165, 1.54) is 6.42 Å². The third-order valence-corrected chi connectivity index (χ3v) is 3.02. The van der Waals surface area contributed by atoms with E-state index < -0.39 is 0 Å². The SMILES string of the molecule is Nc1nc(N)c(C2CCCCC2)c(=O)[nH]1. The summed E-state index contributed by atoms with van der Waals surface area (Å²) in [6.45, 7) is 0. The molecule has 2 rings (SSSR count). The van der Waals surface area contributed by atoms with Crippen LogP contribution in [0.2, 0.25) is 0 Å². The number of aromatic nitrogens is 2. The first-order valence-corrected chi connectivity index (χ1v) is 5.33. The highest BCUT2D eigenvalue weighted by Crippen LogP contribution is 2.32. The van der Waals surface area contributed by atoms with Crippen LogP contribution in [0.4, 0.5) is 11.8 Å². The van der Waals surface area contributed by atoms with Gasteiger partial charge in [0.25, 0.3) is 5.56 Å². The second kappa shape index (κ2) is 3.92. The topological polar surface area (TPSA) is 97.8 Å². The van der Waals surface area contributed by atoms with Crippen molar-refractivity contribution in [3.05, 3.63) is 15.9 Å². The summed E-state index contributed by atoms with van der Waals surface area (Å²) in [5.41, 5.74) is 11.6. The molecule has 1 aromatic heterocycles. The molecule has 1 aromatic rings. The first-order valence-electron chi connectivity index (χ1n) is 5.33. The van der Waals surface area contributed by atoms with Gasteiger partial charge in [-0.3, -0.25) is 9.78 Å². The minimum Gasteiger partial charge on any atom is -0.383 e. The lowest BCUT2D eigenvalue weighted by atomic mass is 9.85. The van der Waals surface area contributed by atoms with Gasteiger partial charge >= 0.3 is 0 Å². The Balaban J connectivity index is 2.38. The molecule has 0 amide bonds. The smallest absolute Gasteiger partial charge is 0.257 e. The summed E-state index contributed by atoms with van der Waals surface area (Å²) in [6, 6.07) is 0. The molecule has 15 heavy (non-hydrogen) atoms. The van der Waals surface area contributed by atoms with Crippen LogP contribution >= 0.6 is 0 Å². The van der Waals surface area contributed by atoms with Gasteiger partial charge in [-0.2, -0.15) is 4.98 Å². The van der Waals surface area contributed by atoms with Crippen LogP contribution in [0, 0.1) is 0 Å². The largest absolute Gasteiger partial charge is 0.383 e. The third-order valence-electron chi connectivity index (χ3n) is 3.02. The molecular weight excluding hydrogens is 192 g/mol. The molecule has 5 nitrogen and oxygen atoms in total. The number of nitrogens with zero attached hydrogens (tertiary/aromatic N) is 1. The molecule has 0 spiro atoms. The van der Waals surface area contributed by atoms with E-state index in [2.05, 4.69) is 9.97 Å². The Labute approximate surface area is 87.9 Å². The lowest BCUT2D eigenvalue weighted by Crippen LogP contribution is -2.23. The Morgan fingerprint density at radius 3 is 2.47 bits per heavy atom. The van der Waals surface area contributed by atoms with Crippen LogP contribution in [0.1, 0.15) is 43.6 Å². The molecule has 5 heteroatoms. The normalized spacial score (nSPS) is 17.9. The highest BCUT2D eigenvalue weighted by molar-refractivity contribution is 5.43. The Morgan fingerprint density at radius 2 is 1.87 bits per heavy atom. The molecular formula is C10H16N4O. The van der Waals surface area contributed by atoms with Gasteiger partial charge in [-0.1, -0.05) is 19.3 Å². The summed E-state index contributed by atoms with van der Waals surface area (Å²) in [4.78, 5) is 18.1. The first-order chi connectivity index (χ1) is 7.18. The van der Waals surface area contributed by atoms with E-state index in [4.69, 9.17) is 11.5 Å². The third kappa shape index (κ3) is 1.95. The second-order valence-electron chi connectivity index (χ2n) is 4.09. The van der Waals surface area contributed by atoms with Crippen molar-refractivity contribution in [2.24, 2.45) is 0 Å². The Hall–Kier alpha value is -1.52. The van der Waals surface area contributed by atoms with Crippen molar-refractivity contribution in [3.8, 4) is 0 Å². The summed E-state index contributed by atoms with van der Waals surface area (Å²) in [5.74, 6) is 0.649. The zero-order valence-electron chi connectivity index (χ0n) is 8.62. The highest BCUT2D eigenvalue weighted by Gasteiger charge is 2.21. The van der Waals surface area contributed by atoms with Crippen molar-refractivity contribution < 1.29 is 0 Å². The van der Waals surface area contributed by atoms with Crippen molar-refractivity contribution in [1.29, 1.82) is 0 Å². The van der Waals surface area contributed by atoms with Gasteiger partial charge in [-0.15, -0.1) is 0 Å². The quantitative estimate of drug-likeness (QED) is 0.640. The molecule has 82 valence electrons. The predicted octanol–water partition coefficient (Wildman–Crippen LogP) is 0.982. The zero-order valence-corrected chi connectivity index (χ0v) is 8.62. The molecule has 1 heterocycles. The van der Waals surface area contributed by atoms with Crippen LogP contribution in [0.5, 0.6) is 0 Å². The minimum absolute atomic E-state index is 0.0945. The number of aromatic amines is 1. The summed E-state index contributed by atoms with van der Waals surface area (Å²) < 4.78 is 0. The molecule has 1 saturated carbocycles. The van der Waals surface area contributed by atoms with Gasteiger partial charge in [-0.25, -0.2) is 0 Å². The maximum absolute atomic E-state index is 11.7. The molecule has 1 aliphatic rings. The summed E-state index contributed by atoms with van der Waals surface area (Å²) in [6.07, 6.45) is 5.62. The van der Waals surface area contributed by atoms with Crippen molar-refractivity contribution in [2.45, 2.75) is 38.0 Å². The number of nitrogens with one attached hydrogen (secondary N) is 1. The van der Waals surface area contributed by atoms with Gasteiger partial charge in [0.1, 0.15) is 5.82 Å². The van der Waals surface area contributed by atoms with Gasteiger partial charge < -0.3 is 11.5 Å². The van der Waals surface area contributed by atoms with Crippen molar-refractivity contribution in [2.75, 3.05) is 11.5 Å². The van der Waals surface area contributed by atoms with Crippen LogP contribution in [-0.2, 0) is 0 Å². The first kappa shape index (κ1) is 10.0. The standard InChI is InChI=1S/C10H16N4O/c11-8-7(6-4-2-1-3-5-6)9(15)14-10(12)13-8/h6H,1-5H2,(H5,11,12,13,14,15). The number of H-pyrrole nitrogens is 1. The maximum atomic E-state index is 11.7. The van der Waals surface area contributed by atoms with E-state index in [1.54, 1.807) is 0 Å². The molecule has 0 atom stereocenters. The maximum Gasteiger partial charge on any atom is 0.257 e. The summed E-state index contributed by atoms with van der Waals surface area (Å²) in [5, 5.41) is 0. The van der Waals surface area contributed by atoms with Crippen molar-refractivity contribution in [1.82, 2.24) is 9.97 Å². The number of hydrogen-bond donors (Lipinski definition) is 3. The lowest BCUT2D eigenvalue weighted by Gasteiger charge is -2.21. The number of rotatable bonds is 1. The molecule has 5 N–H and O–H groups in total. The lowest BCUT2D eigenvalue weighted by molar-refractivity contribution is 0.441. The number of hydrogen-bond acceptors (Lipinski definition) is 4. The van der Waals surface area contributed by atoms with E-state index in [0.717, 1.165) is 25.7 Å². The Bertz CT molecular complexity index is 406. The molecule has 0 bridgehead atoms. The fourth-order valence-electron chi connectivity index (χ4n) is 2.30. The molecule has 0 aliphatic heterocycles. The van der Waals surface area contributed by atoms with Crippen LogP contribution < -0.4 is 17.0 Å². The summed E-state index contributed by atoms with van der Waals surface area (Å²) in [7, 11) is 0. The van der Waals surface area contributed by atoms with Crippen molar-refractivity contribution >= 4 is 11.8 Å². The van der Waals surface area contributed by atoms with Gasteiger partial charge in [0, 0.05) is 0 Å². The molecule has 0 radical (unpaired) electrons. The average Bonchev–Trinajstić information content (AvgIpc) is 2.17. The Morgan fingerprint density at radius 1 is 1.20 bits per heavy atom. The van der Waals surface area contributed by atoms with Crippen LogP contribution in [-0.4, -0.2) is 9.97 Å². The number of anilines is 2. The van der Waals surface area contributed by atoms with E-state index in [-0.39, 0.29) is 17.4 Å². The molecule has 1 aliphatic carbocycles. The Kier molecular flexibility index (Phi) is 2.62. The summed E-state index contributed by atoms with van der Waals surface area (Å²) >= 11 is 0. The minimum atomic E-state index is -0.174. The number of nitrogen functional groups attached to an aromatic ring is 2. The van der Waals surface area contributed by atoms with E-state index >= 15 is 0 Å². The molecule has 0 aromatic carbocycles. The zero-order chi connectivity index (χ0) is 10.8. The van der Waals surface area contributed by atoms with E-state index in [9.17, 15) is 4.79 Å². The van der Waals surface area contributed by atoms with E-state index in [1.807, 2.05) is 0 Å². The molecule has 1 fully saturated rings. The predicted molar refractivity (Wildman–Crippen MR) is 59.5 cm³/mol. The second-order valence-corrected chi connectivity index (χ2v) is 4.09. The van der Waals surface area contributed by atoms with Gasteiger partial charge in [0.05, 0.1) is 5.56 Å². The van der Waals surface area contributed by atoms with Gasteiger partial charge in [0.15, 0.2) is 0 Å². The van der Waals surface area contributed by atoms with Crippen LogP contribution in [0.15, 0.2) is 4.79 Å². The fourth-order valence-corrected chi connectivity index (χ4v) is 2.30. The van der Waals surface area contributed by atoms with E-state index in [0.29, 0.717) is 11.4 Å². The van der Waals surface area contributed by atoms with Crippen molar-refractivity contribution in [3.63, 3.8) is 0 Å². The molecule has 0 unspecified atom stereocenters. The highest BCUT2D eigenvalue weighted by atomic mass is 16.1. The van der Waals surface area contributed by atoms with Crippen LogP contribution in [0.25, 0.3) is 0 Å². The van der Waals surface area contributed by atoms with Gasteiger partial charge in [0.2, 0.25) is 5.95 Å². The van der Waals surface area contributed by atoms with Gasteiger partial charge in [-0.05, 0) is 18.8 Å². The number of nitrogens with two attached hydrogens (primary N) is 2. The van der Waals surface area contributed by atoms with Crippen LogP contribution in [0.3, 0.4) is 0 Å². The molecule has 0 saturated heterocycles. The average molecular weight is 208 g/mol. The fraction of sp³-hybridized carbons (Fsp3) is 0.600. The monoisotopic (exact) mass is 208 g/mol.